The molecule has 2 aromatic rings. The minimum absolute atomic E-state index is 0.00991. The first-order valence-corrected chi connectivity index (χ1v) is 9.04. The predicted molar refractivity (Wildman–Crippen MR) is 94.5 cm³/mol. The van der Waals surface area contributed by atoms with E-state index in [0.717, 1.165) is 16.8 Å². The molecule has 134 valence electrons. The number of ether oxygens (including phenoxy) is 2. The van der Waals surface area contributed by atoms with Gasteiger partial charge in [0.05, 0.1) is 12.2 Å². The summed E-state index contributed by atoms with van der Waals surface area (Å²) < 4.78 is 43.2. The molecule has 0 bridgehead atoms. The molecule has 2 radical (unpaired) electrons. The van der Waals surface area contributed by atoms with Crippen LogP contribution in [-0.4, -0.2) is 28.4 Å². The summed E-state index contributed by atoms with van der Waals surface area (Å²) in [6, 6.07) is 11.3. The van der Waals surface area contributed by atoms with Gasteiger partial charge in [-0.1, -0.05) is 30.3 Å². The van der Waals surface area contributed by atoms with E-state index in [-0.39, 0.29) is 22.0 Å². The Morgan fingerprint density at radius 1 is 0.760 bits per heavy atom. The molecule has 3 nitrogen and oxygen atoms in total. The van der Waals surface area contributed by atoms with Gasteiger partial charge in [-0.05, 0) is 56.1 Å². The number of halogens is 2. The molecule has 25 heavy (non-hydrogen) atoms. The highest BCUT2D eigenvalue weighted by Crippen LogP contribution is 2.20. The number of rotatable bonds is 8. The van der Waals surface area contributed by atoms with Gasteiger partial charge in [-0.25, -0.2) is 8.78 Å². The van der Waals surface area contributed by atoms with Crippen molar-refractivity contribution in [1.29, 1.82) is 0 Å². The van der Waals surface area contributed by atoms with E-state index in [1.807, 2.05) is 52.0 Å². The SMILES string of the molecule is CC(C)OC(O[Si]c1ccc(-c2ccc(F)c(F)c2)cc1)OC(C)C. The molecule has 0 saturated heterocycles. The Kier molecular flexibility index (Phi) is 7.25. The molecule has 0 aliphatic heterocycles. The summed E-state index contributed by atoms with van der Waals surface area (Å²) in [4.78, 5) is 0. The predicted octanol–water partition coefficient (Wildman–Crippen LogP) is 4.03. The summed E-state index contributed by atoms with van der Waals surface area (Å²) in [5, 5.41) is 0.955. The third kappa shape index (κ3) is 6.32. The fraction of sp³-hybridized carbons (Fsp3) is 0.368. The fourth-order valence-electron chi connectivity index (χ4n) is 2.05. The zero-order valence-electron chi connectivity index (χ0n) is 14.8. The minimum Gasteiger partial charge on any atom is -0.366 e. The van der Waals surface area contributed by atoms with Gasteiger partial charge in [-0.15, -0.1) is 0 Å². The quantitative estimate of drug-likeness (QED) is 0.523. The third-order valence-corrected chi connectivity index (χ3v) is 4.06. The molecule has 0 amide bonds. The number of hydrogen-bond acceptors (Lipinski definition) is 3. The first kappa shape index (κ1) is 19.7. The molecule has 2 aromatic carbocycles. The van der Waals surface area contributed by atoms with Crippen molar-refractivity contribution in [2.45, 2.75) is 46.4 Å². The maximum atomic E-state index is 13.3. The summed E-state index contributed by atoms with van der Waals surface area (Å²) in [6.07, 6.45) is -0.0198. The fourth-order valence-corrected chi connectivity index (χ4v) is 2.70. The van der Waals surface area contributed by atoms with Gasteiger partial charge in [0.1, 0.15) is 0 Å². The lowest BCUT2D eigenvalue weighted by atomic mass is 10.1. The molecule has 0 aromatic heterocycles. The molecule has 2 rings (SSSR count). The van der Waals surface area contributed by atoms with E-state index in [1.165, 1.54) is 6.07 Å². The van der Waals surface area contributed by atoms with Crippen LogP contribution < -0.4 is 5.19 Å². The second-order valence-electron chi connectivity index (χ2n) is 6.08. The van der Waals surface area contributed by atoms with Crippen LogP contribution in [0.15, 0.2) is 42.5 Å². The smallest absolute Gasteiger partial charge is 0.275 e. The molecule has 6 heteroatoms. The molecule has 0 fully saturated rings. The zero-order chi connectivity index (χ0) is 18.4. The summed E-state index contributed by atoms with van der Waals surface area (Å²) in [7, 11) is 0.0495. The van der Waals surface area contributed by atoms with Crippen molar-refractivity contribution < 1.29 is 22.7 Å². The maximum absolute atomic E-state index is 13.3. The average molecular weight is 364 g/mol. The highest BCUT2D eigenvalue weighted by molar-refractivity contribution is 6.46. The second kappa shape index (κ2) is 9.19. The van der Waals surface area contributed by atoms with E-state index >= 15 is 0 Å². The highest BCUT2D eigenvalue weighted by Gasteiger charge is 2.15. The lowest BCUT2D eigenvalue weighted by Crippen LogP contribution is -2.32. The topological polar surface area (TPSA) is 27.7 Å². The van der Waals surface area contributed by atoms with Crippen molar-refractivity contribution in [3.8, 4) is 11.1 Å². The molecule has 0 N–H and O–H groups in total. The Morgan fingerprint density at radius 3 is 1.84 bits per heavy atom. The first-order valence-electron chi connectivity index (χ1n) is 8.13. The van der Waals surface area contributed by atoms with Gasteiger partial charge >= 0.3 is 0 Å². The normalized spacial score (nSPS) is 11.7. The average Bonchev–Trinajstić information content (AvgIpc) is 2.55. The maximum Gasteiger partial charge on any atom is 0.275 e. The lowest BCUT2D eigenvalue weighted by Gasteiger charge is -2.22. The molecule has 0 heterocycles. The highest BCUT2D eigenvalue weighted by atomic mass is 28.2. The van der Waals surface area contributed by atoms with Crippen molar-refractivity contribution >= 4 is 14.9 Å². The molecular formula is C19H22F2O3Si. The number of hydrogen-bond donors (Lipinski definition) is 0. The second-order valence-corrected chi connectivity index (χ2v) is 7.10. The molecule has 0 aliphatic carbocycles. The van der Waals surface area contributed by atoms with Crippen LogP contribution in [0, 0.1) is 11.6 Å². The van der Waals surface area contributed by atoms with Crippen molar-refractivity contribution in [3.63, 3.8) is 0 Å². The van der Waals surface area contributed by atoms with Crippen LogP contribution in [0.3, 0.4) is 0 Å². The van der Waals surface area contributed by atoms with Crippen LogP contribution in [0.4, 0.5) is 8.78 Å². The minimum atomic E-state index is -0.855. The Labute approximate surface area is 149 Å². The number of benzene rings is 2. The van der Waals surface area contributed by atoms with Crippen LogP contribution in [0.1, 0.15) is 27.7 Å². The van der Waals surface area contributed by atoms with Gasteiger partial charge in [0.2, 0.25) is 0 Å². The van der Waals surface area contributed by atoms with Crippen molar-refractivity contribution in [3.05, 3.63) is 54.1 Å². The monoisotopic (exact) mass is 364 g/mol. The van der Waals surface area contributed by atoms with E-state index in [4.69, 9.17) is 13.9 Å². The van der Waals surface area contributed by atoms with Crippen molar-refractivity contribution in [1.82, 2.24) is 0 Å². The zero-order valence-corrected chi connectivity index (χ0v) is 15.8. The molecular weight excluding hydrogens is 342 g/mol. The summed E-state index contributed by atoms with van der Waals surface area (Å²) in [6.45, 7) is 6.95. The third-order valence-electron chi connectivity index (χ3n) is 3.18. The van der Waals surface area contributed by atoms with Crippen molar-refractivity contribution in [2.75, 3.05) is 0 Å². The van der Waals surface area contributed by atoms with E-state index in [0.29, 0.717) is 5.56 Å². The van der Waals surface area contributed by atoms with Gasteiger partial charge < -0.3 is 13.9 Å². The van der Waals surface area contributed by atoms with Crippen LogP contribution in [0.2, 0.25) is 0 Å². The first-order chi connectivity index (χ1) is 11.8. The Hall–Kier alpha value is -1.60. The summed E-state index contributed by atoms with van der Waals surface area (Å²) >= 11 is 0. The van der Waals surface area contributed by atoms with Crippen LogP contribution >= 0.6 is 0 Å². The van der Waals surface area contributed by atoms with E-state index in [9.17, 15) is 8.78 Å². The van der Waals surface area contributed by atoms with Crippen LogP contribution in [0.5, 0.6) is 0 Å². The van der Waals surface area contributed by atoms with E-state index in [1.54, 1.807) is 6.07 Å². The van der Waals surface area contributed by atoms with Gasteiger partial charge in [0.15, 0.2) is 11.6 Å². The molecule has 0 atom stereocenters. The van der Waals surface area contributed by atoms with E-state index in [2.05, 4.69) is 0 Å². The Bertz CT molecular complexity index is 665. The standard InChI is InChI=1S/C19H22F2O3Si/c1-12(2)22-19(23-13(3)4)24-25-16-8-5-14(6-9-16)15-7-10-17(20)18(21)11-15/h5-13,19H,1-4H3. The Morgan fingerprint density at radius 2 is 1.32 bits per heavy atom. The largest absolute Gasteiger partial charge is 0.366 e. The van der Waals surface area contributed by atoms with Gasteiger partial charge in [-0.3, -0.25) is 0 Å². The summed E-state index contributed by atoms with van der Waals surface area (Å²) in [5.74, 6) is -1.71. The Balaban J connectivity index is 2.00. The molecule has 0 unspecified atom stereocenters. The van der Waals surface area contributed by atoms with Gasteiger partial charge in [-0.2, -0.15) is 0 Å². The van der Waals surface area contributed by atoms with Gasteiger partial charge in [0.25, 0.3) is 16.2 Å². The lowest BCUT2D eigenvalue weighted by molar-refractivity contribution is -0.274. The molecule has 0 saturated carbocycles. The van der Waals surface area contributed by atoms with Crippen LogP contribution in [-0.2, 0) is 13.9 Å². The van der Waals surface area contributed by atoms with Crippen molar-refractivity contribution in [2.24, 2.45) is 0 Å². The van der Waals surface area contributed by atoms with Gasteiger partial charge in [0, 0.05) is 0 Å². The molecule has 0 aliphatic rings. The molecule has 0 spiro atoms. The van der Waals surface area contributed by atoms with E-state index < -0.39 is 18.1 Å². The van der Waals surface area contributed by atoms with Crippen LogP contribution in [0.25, 0.3) is 11.1 Å². The summed E-state index contributed by atoms with van der Waals surface area (Å²) in [5.41, 5.74) is 1.43.